The first-order chi connectivity index (χ1) is 9.95. The van der Waals surface area contributed by atoms with E-state index in [9.17, 15) is 4.79 Å². The van der Waals surface area contributed by atoms with Crippen LogP contribution in [0.4, 0.5) is 5.82 Å². The molecule has 4 nitrogen and oxygen atoms in total. The van der Waals surface area contributed by atoms with Crippen LogP contribution in [0.15, 0.2) is 36.5 Å². The number of nitrogens with zero attached hydrogens (tertiary/aromatic N) is 1. The van der Waals surface area contributed by atoms with Crippen LogP contribution in [0.2, 0.25) is 5.02 Å². The summed E-state index contributed by atoms with van der Waals surface area (Å²) in [4.78, 5) is 16.3. The molecule has 1 aromatic heterocycles. The highest BCUT2D eigenvalue weighted by Gasteiger charge is 2.09. The summed E-state index contributed by atoms with van der Waals surface area (Å²) in [6, 6.07) is 8.62. The number of thiocarbonyl (C=S) groups is 1. The number of nitrogens with one attached hydrogen (secondary N) is 2. The van der Waals surface area contributed by atoms with Crippen LogP contribution < -0.4 is 10.6 Å². The van der Waals surface area contributed by atoms with Crippen LogP contribution in [-0.4, -0.2) is 16.0 Å². The first kappa shape index (κ1) is 16.1. The molecule has 0 saturated heterocycles. The molecule has 0 aliphatic rings. The van der Waals surface area contributed by atoms with Crippen molar-refractivity contribution in [2.24, 2.45) is 0 Å². The molecule has 0 spiro atoms. The summed E-state index contributed by atoms with van der Waals surface area (Å²) in [6.45, 7) is 1.92. The Balaban J connectivity index is 2.03. The topological polar surface area (TPSA) is 54.0 Å². The van der Waals surface area contributed by atoms with Crippen LogP contribution in [0.25, 0.3) is 0 Å². The molecule has 0 fully saturated rings. The van der Waals surface area contributed by atoms with Crippen molar-refractivity contribution in [2.75, 3.05) is 5.32 Å². The van der Waals surface area contributed by atoms with Gasteiger partial charge in [-0.2, -0.15) is 0 Å². The van der Waals surface area contributed by atoms with Gasteiger partial charge in [0.05, 0.1) is 0 Å². The highest BCUT2D eigenvalue weighted by atomic mass is 127. The number of carbonyl (C=O) groups is 1. The summed E-state index contributed by atoms with van der Waals surface area (Å²) in [5, 5.41) is 6.19. The van der Waals surface area contributed by atoms with Gasteiger partial charge in [0.25, 0.3) is 5.91 Å². The van der Waals surface area contributed by atoms with E-state index in [1.165, 1.54) is 0 Å². The zero-order valence-electron chi connectivity index (χ0n) is 11.0. The van der Waals surface area contributed by atoms with Crippen molar-refractivity contribution >= 4 is 63.2 Å². The van der Waals surface area contributed by atoms with Crippen LogP contribution in [0.5, 0.6) is 0 Å². The first-order valence-corrected chi connectivity index (χ1v) is 7.82. The fraction of sp³-hybridized carbons (Fsp3) is 0.0714. The number of benzene rings is 1. The van der Waals surface area contributed by atoms with E-state index in [1.807, 2.05) is 13.0 Å². The lowest BCUT2D eigenvalue weighted by Crippen LogP contribution is -2.34. The third-order valence-corrected chi connectivity index (χ3v) is 3.62. The van der Waals surface area contributed by atoms with Crippen molar-refractivity contribution in [1.82, 2.24) is 10.3 Å². The molecule has 0 radical (unpaired) electrons. The van der Waals surface area contributed by atoms with Crippen LogP contribution in [0, 0.1) is 10.5 Å². The third-order valence-electron chi connectivity index (χ3n) is 2.59. The molecular formula is C14H11ClIN3OS. The molecule has 0 saturated carbocycles. The third kappa shape index (κ3) is 4.62. The smallest absolute Gasteiger partial charge is 0.257 e. The van der Waals surface area contributed by atoms with Crippen LogP contribution in [-0.2, 0) is 0 Å². The zero-order chi connectivity index (χ0) is 15.4. The van der Waals surface area contributed by atoms with Gasteiger partial charge in [-0.15, -0.1) is 0 Å². The first-order valence-electron chi connectivity index (χ1n) is 5.96. The van der Waals surface area contributed by atoms with Crippen molar-refractivity contribution in [3.8, 4) is 0 Å². The number of hydrogen-bond acceptors (Lipinski definition) is 3. The molecule has 1 heterocycles. The molecule has 1 aromatic carbocycles. The Morgan fingerprint density at radius 3 is 2.81 bits per heavy atom. The van der Waals surface area contributed by atoms with E-state index in [0.717, 1.165) is 9.13 Å². The summed E-state index contributed by atoms with van der Waals surface area (Å²) < 4.78 is 1.03. The molecule has 21 heavy (non-hydrogen) atoms. The van der Waals surface area contributed by atoms with Crippen molar-refractivity contribution in [1.29, 1.82) is 0 Å². The number of carbonyl (C=O) groups excluding carboxylic acids is 1. The highest BCUT2D eigenvalue weighted by molar-refractivity contribution is 14.1. The number of hydrogen-bond donors (Lipinski definition) is 2. The fourth-order valence-corrected chi connectivity index (χ4v) is 2.60. The molecular weight excluding hydrogens is 421 g/mol. The Kier molecular flexibility index (Phi) is 5.49. The summed E-state index contributed by atoms with van der Waals surface area (Å²) >= 11 is 13.2. The molecule has 0 bridgehead atoms. The Hall–Kier alpha value is -1.25. The van der Waals surface area contributed by atoms with Crippen molar-refractivity contribution in [2.45, 2.75) is 6.92 Å². The SMILES string of the molecule is Cc1cc(I)cnc1NC(=S)NC(=O)c1cccc(Cl)c1. The lowest BCUT2D eigenvalue weighted by Gasteiger charge is -2.11. The maximum atomic E-state index is 12.0. The lowest BCUT2D eigenvalue weighted by atomic mass is 10.2. The van der Waals surface area contributed by atoms with Gasteiger partial charge in [0.15, 0.2) is 5.11 Å². The van der Waals surface area contributed by atoms with Gasteiger partial charge in [0.2, 0.25) is 0 Å². The molecule has 0 unspecified atom stereocenters. The predicted octanol–water partition coefficient (Wildman–Crippen LogP) is 3.77. The van der Waals surface area contributed by atoms with Gasteiger partial charge < -0.3 is 5.32 Å². The van der Waals surface area contributed by atoms with Gasteiger partial charge in [-0.25, -0.2) is 4.98 Å². The van der Waals surface area contributed by atoms with E-state index in [4.69, 9.17) is 23.8 Å². The molecule has 0 atom stereocenters. The van der Waals surface area contributed by atoms with Gasteiger partial charge in [0, 0.05) is 20.4 Å². The lowest BCUT2D eigenvalue weighted by molar-refractivity contribution is 0.0977. The Morgan fingerprint density at radius 1 is 1.38 bits per heavy atom. The number of amides is 1. The van der Waals surface area contributed by atoms with E-state index in [2.05, 4.69) is 38.2 Å². The Labute approximate surface area is 146 Å². The molecule has 0 aliphatic heterocycles. The van der Waals surface area contributed by atoms with Crippen LogP contribution >= 0.6 is 46.4 Å². The van der Waals surface area contributed by atoms with E-state index in [-0.39, 0.29) is 11.0 Å². The van der Waals surface area contributed by atoms with E-state index < -0.39 is 0 Å². The van der Waals surface area contributed by atoms with Crippen molar-refractivity contribution in [3.05, 3.63) is 56.2 Å². The summed E-state index contributed by atoms with van der Waals surface area (Å²) in [5.74, 6) is 0.296. The minimum Gasteiger partial charge on any atom is -0.317 e. The van der Waals surface area contributed by atoms with E-state index in [1.54, 1.807) is 30.5 Å². The van der Waals surface area contributed by atoms with Crippen molar-refractivity contribution < 1.29 is 4.79 Å². The fourth-order valence-electron chi connectivity index (χ4n) is 1.62. The van der Waals surface area contributed by atoms with Gasteiger partial charge in [-0.1, -0.05) is 17.7 Å². The maximum Gasteiger partial charge on any atom is 0.257 e. The summed E-state index contributed by atoms with van der Waals surface area (Å²) in [7, 11) is 0. The number of pyridine rings is 1. The standard InChI is InChI=1S/C14H11ClIN3OS/c1-8-5-11(16)7-17-12(8)18-14(21)19-13(20)9-3-2-4-10(15)6-9/h2-7H,1H3,(H2,17,18,19,20,21). The molecule has 108 valence electrons. The molecule has 7 heteroatoms. The molecule has 2 aromatic rings. The van der Waals surface area contributed by atoms with Crippen LogP contribution in [0.3, 0.4) is 0 Å². The second kappa shape index (κ2) is 7.15. The Morgan fingerprint density at radius 2 is 2.14 bits per heavy atom. The monoisotopic (exact) mass is 431 g/mol. The van der Waals surface area contributed by atoms with Crippen molar-refractivity contribution in [3.63, 3.8) is 0 Å². The largest absolute Gasteiger partial charge is 0.317 e. The minimum absolute atomic E-state index is 0.191. The second-order valence-corrected chi connectivity index (χ2v) is 6.33. The average molecular weight is 432 g/mol. The summed E-state index contributed by atoms with van der Waals surface area (Å²) in [5.41, 5.74) is 1.39. The average Bonchev–Trinajstić information content (AvgIpc) is 2.42. The van der Waals surface area contributed by atoms with Crippen LogP contribution in [0.1, 0.15) is 15.9 Å². The Bertz CT molecular complexity index is 708. The molecule has 2 N–H and O–H groups in total. The second-order valence-electron chi connectivity index (χ2n) is 4.24. The molecule has 0 aliphatic carbocycles. The number of aryl methyl sites for hydroxylation is 1. The van der Waals surface area contributed by atoms with Gasteiger partial charge in [-0.05, 0) is 71.6 Å². The highest BCUT2D eigenvalue weighted by Crippen LogP contribution is 2.14. The zero-order valence-corrected chi connectivity index (χ0v) is 14.7. The predicted molar refractivity (Wildman–Crippen MR) is 96.8 cm³/mol. The number of rotatable bonds is 2. The molecule has 1 amide bonds. The van der Waals surface area contributed by atoms with E-state index >= 15 is 0 Å². The maximum absolute atomic E-state index is 12.0. The van der Waals surface area contributed by atoms with E-state index in [0.29, 0.717) is 16.4 Å². The normalized spacial score (nSPS) is 10.0. The quantitative estimate of drug-likeness (QED) is 0.561. The van der Waals surface area contributed by atoms with Gasteiger partial charge in [-0.3, -0.25) is 10.1 Å². The molecule has 2 rings (SSSR count). The number of halogens is 2. The number of anilines is 1. The van der Waals surface area contributed by atoms with Gasteiger partial charge in [0.1, 0.15) is 5.82 Å². The number of aromatic nitrogens is 1. The van der Waals surface area contributed by atoms with Gasteiger partial charge >= 0.3 is 0 Å². The summed E-state index contributed by atoms with van der Waals surface area (Å²) in [6.07, 6.45) is 1.72. The minimum atomic E-state index is -0.321.